The average molecular weight is 209 g/mol. The van der Waals surface area contributed by atoms with Gasteiger partial charge in [0.05, 0.1) is 5.69 Å². The summed E-state index contributed by atoms with van der Waals surface area (Å²) in [5.74, 6) is -0.0295. The molecule has 0 bridgehead atoms. The molecule has 0 aliphatic heterocycles. The van der Waals surface area contributed by atoms with Gasteiger partial charge in [-0.25, -0.2) is 0 Å². The second kappa shape index (κ2) is 3.96. The van der Waals surface area contributed by atoms with Crippen LogP contribution in [0.25, 0.3) is 0 Å². The highest BCUT2D eigenvalue weighted by atomic mass is 16.2. The maximum atomic E-state index is 12.1. The second-order valence-corrected chi connectivity index (χ2v) is 4.16. The summed E-state index contributed by atoms with van der Waals surface area (Å²) >= 11 is 0. The van der Waals surface area contributed by atoms with Crippen LogP contribution in [0.4, 0.5) is 5.69 Å². The van der Waals surface area contributed by atoms with Gasteiger partial charge in [0.25, 0.3) is 5.91 Å². The Morgan fingerprint density at radius 2 is 2.07 bits per heavy atom. The van der Waals surface area contributed by atoms with E-state index in [0.717, 1.165) is 5.69 Å². The normalized spacial score (nSPS) is 10.8. The fraction of sp³-hybridized carbons (Fsp3) is 0.545. The summed E-state index contributed by atoms with van der Waals surface area (Å²) in [5.41, 5.74) is 7.93. The molecule has 0 aliphatic carbocycles. The molecule has 0 radical (unpaired) electrons. The minimum Gasteiger partial charge on any atom is -0.397 e. The lowest BCUT2D eigenvalue weighted by molar-refractivity contribution is 0.0746. The summed E-state index contributed by atoms with van der Waals surface area (Å²) in [6, 6.07) is 1.99. The predicted octanol–water partition coefficient (Wildman–Crippen LogP) is 1.40. The van der Waals surface area contributed by atoms with Crippen LogP contribution < -0.4 is 5.73 Å². The molecule has 0 spiro atoms. The van der Waals surface area contributed by atoms with Crippen molar-refractivity contribution in [3.63, 3.8) is 0 Å². The van der Waals surface area contributed by atoms with Gasteiger partial charge in [-0.1, -0.05) is 0 Å². The monoisotopic (exact) mass is 209 g/mol. The van der Waals surface area contributed by atoms with Gasteiger partial charge in [0, 0.05) is 25.8 Å². The molecule has 0 unspecified atom stereocenters. The number of aromatic nitrogens is 1. The number of nitrogen functional groups attached to an aromatic ring is 1. The summed E-state index contributed by atoms with van der Waals surface area (Å²) in [6.45, 7) is 5.89. The Labute approximate surface area is 90.7 Å². The Bertz CT molecular complexity index is 379. The van der Waals surface area contributed by atoms with Gasteiger partial charge < -0.3 is 15.2 Å². The molecule has 84 valence electrons. The lowest BCUT2D eigenvalue weighted by Gasteiger charge is -2.22. The van der Waals surface area contributed by atoms with Crippen LogP contribution in [-0.4, -0.2) is 28.5 Å². The minimum absolute atomic E-state index is 0.0295. The number of hydrogen-bond acceptors (Lipinski definition) is 2. The molecule has 0 aromatic carbocycles. The van der Waals surface area contributed by atoms with Gasteiger partial charge in [0.1, 0.15) is 5.69 Å². The molecule has 0 atom stereocenters. The molecule has 4 nitrogen and oxygen atoms in total. The van der Waals surface area contributed by atoms with E-state index < -0.39 is 0 Å². The van der Waals surface area contributed by atoms with E-state index in [1.165, 1.54) is 0 Å². The van der Waals surface area contributed by atoms with Crippen LogP contribution in [0.2, 0.25) is 0 Å². The van der Waals surface area contributed by atoms with E-state index in [1.807, 2.05) is 38.5 Å². The first kappa shape index (κ1) is 11.6. The van der Waals surface area contributed by atoms with Crippen molar-refractivity contribution in [1.29, 1.82) is 0 Å². The topological polar surface area (TPSA) is 51.3 Å². The molecule has 2 N–H and O–H groups in total. The Balaban J connectivity index is 3.11. The van der Waals surface area contributed by atoms with Crippen LogP contribution in [0.1, 0.15) is 30.0 Å². The maximum absolute atomic E-state index is 12.1. The fourth-order valence-electron chi connectivity index (χ4n) is 1.43. The van der Waals surface area contributed by atoms with Crippen LogP contribution in [0.5, 0.6) is 0 Å². The number of rotatable bonds is 2. The van der Waals surface area contributed by atoms with Crippen LogP contribution >= 0.6 is 0 Å². The van der Waals surface area contributed by atoms with Crippen LogP contribution in [0, 0.1) is 6.92 Å². The molecule has 15 heavy (non-hydrogen) atoms. The molecular formula is C11H19N3O. The summed E-state index contributed by atoms with van der Waals surface area (Å²) in [7, 11) is 3.64. The maximum Gasteiger partial charge on any atom is 0.272 e. The average Bonchev–Trinajstić information content (AvgIpc) is 2.39. The summed E-state index contributed by atoms with van der Waals surface area (Å²) in [5, 5.41) is 0. The Kier molecular flexibility index (Phi) is 3.07. The van der Waals surface area contributed by atoms with Crippen LogP contribution in [0.3, 0.4) is 0 Å². The predicted molar refractivity (Wildman–Crippen MR) is 61.8 cm³/mol. The first-order chi connectivity index (χ1) is 6.86. The van der Waals surface area contributed by atoms with Crippen molar-refractivity contribution < 1.29 is 4.79 Å². The molecule has 1 aromatic rings. The van der Waals surface area contributed by atoms with Crippen LogP contribution in [-0.2, 0) is 7.05 Å². The SMILES string of the molecule is Cc1cc(N)c(C(=O)N(C)C(C)C)n1C. The third-order valence-corrected chi connectivity index (χ3v) is 2.80. The van der Waals surface area contributed by atoms with Gasteiger partial charge in [0.2, 0.25) is 0 Å². The highest BCUT2D eigenvalue weighted by Crippen LogP contribution is 2.18. The highest BCUT2D eigenvalue weighted by Gasteiger charge is 2.20. The fourth-order valence-corrected chi connectivity index (χ4v) is 1.43. The Morgan fingerprint density at radius 1 is 1.53 bits per heavy atom. The van der Waals surface area contributed by atoms with Gasteiger partial charge in [-0.2, -0.15) is 0 Å². The number of hydrogen-bond donors (Lipinski definition) is 1. The van der Waals surface area contributed by atoms with E-state index in [1.54, 1.807) is 11.9 Å². The molecule has 0 saturated carbocycles. The van der Waals surface area contributed by atoms with Crippen molar-refractivity contribution in [2.24, 2.45) is 7.05 Å². The third-order valence-electron chi connectivity index (χ3n) is 2.80. The number of carbonyl (C=O) groups excluding carboxylic acids is 1. The lowest BCUT2D eigenvalue weighted by Crippen LogP contribution is -2.34. The van der Waals surface area contributed by atoms with E-state index in [-0.39, 0.29) is 11.9 Å². The van der Waals surface area contributed by atoms with E-state index >= 15 is 0 Å². The van der Waals surface area contributed by atoms with Crippen molar-refractivity contribution in [2.45, 2.75) is 26.8 Å². The number of amides is 1. The third kappa shape index (κ3) is 1.98. The first-order valence-corrected chi connectivity index (χ1v) is 5.05. The number of anilines is 1. The number of aryl methyl sites for hydroxylation is 1. The number of nitrogens with two attached hydrogens (primary N) is 1. The molecule has 1 heterocycles. The molecule has 4 heteroatoms. The standard InChI is InChI=1S/C11H19N3O/c1-7(2)13(4)11(15)10-9(12)6-8(3)14(10)5/h6-7H,12H2,1-5H3. The number of carbonyl (C=O) groups is 1. The van der Waals surface area contributed by atoms with Crippen molar-refractivity contribution in [3.8, 4) is 0 Å². The molecule has 0 saturated heterocycles. The zero-order chi connectivity index (χ0) is 11.7. The van der Waals surface area contributed by atoms with Gasteiger partial charge in [-0.3, -0.25) is 4.79 Å². The Morgan fingerprint density at radius 3 is 2.40 bits per heavy atom. The van der Waals surface area contributed by atoms with Crippen LogP contribution in [0.15, 0.2) is 6.07 Å². The molecule has 1 amide bonds. The van der Waals surface area contributed by atoms with Gasteiger partial charge in [-0.05, 0) is 26.8 Å². The van der Waals surface area contributed by atoms with Crippen molar-refractivity contribution in [1.82, 2.24) is 9.47 Å². The minimum atomic E-state index is -0.0295. The second-order valence-electron chi connectivity index (χ2n) is 4.16. The zero-order valence-corrected chi connectivity index (χ0v) is 10.0. The summed E-state index contributed by atoms with van der Waals surface area (Å²) in [4.78, 5) is 13.8. The van der Waals surface area contributed by atoms with Crippen molar-refractivity contribution >= 4 is 11.6 Å². The molecular weight excluding hydrogens is 190 g/mol. The quantitative estimate of drug-likeness (QED) is 0.800. The highest BCUT2D eigenvalue weighted by molar-refractivity contribution is 5.98. The Hall–Kier alpha value is -1.45. The van der Waals surface area contributed by atoms with Gasteiger partial charge in [-0.15, -0.1) is 0 Å². The van der Waals surface area contributed by atoms with Crippen molar-refractivity contribution in [2.75, 3.05) is 12.8 Å². The summed E-state index contributed by atoms with van der Waals surface area (Å²) < 4.78 is 1.83. The molecule has 1 rings (SSSR count). The van der Waals surface area contributed by atoms with E-state index in [0.29, 0.717) is 11.4 Å². The smallest absolute Gasteiger partial charge is 0.272 e. The first-order valence-electron chi connectivity index (χ1n) is 5.05. The van der Waals surface area contributed by atoms with E-state index in [4.69, 9.17) is 5.73 Å². The molecule has 1 aromatic heterocycles. The molecule has 0 fully saturated rings. The van der Waals surface area contributed by atoms with Crippen molar-refractivity contribution in [3.05, 3.63) is 17.5 Å². The molecule has 0 aliphatic rings. The van der Waals surface area contributed by atoms with Gasteiger partial charge >= 0.3 is 0 Å². The van der Waals surface area contributed by atoms with Gasteiger partial charge in [0.15, 0.2) is 0 Å². The lowest BCUT2D eigenvalue weighted by atomic mass is 10.2. The van der Waals surface area contributed by atoms with E-state index in [2.05, 4.69) is 0 Å². The summed E-state index contributed by atoms with van der Waals surface area (Å²) in [6.07, 6.45) is 0. The number of nitrogens with zero attached hydrogens (tertiary/aromatic N) is 2. The zero-order valence-electron chi connectivity index (χ0n) is 10.0. The van der Waals surface area contributed by atoms with E-state index in [9.17, 15) is 4.79 Å². The largest absolute Gasteiger partial charge is 0.397 e.